The quantitative estimate of drug-likeness (QED) is 0.794. The largest absolute Gasteiger partial charge is 0.506 e. The van der Waals surface area contributed by atoms with Crippen molar-refractivity contribution in [3.8, 4) is 11.5 Å². The maximum Gasteiger partial charge on any atom is 0.222 e. The second-order valence-electron chi connectivity index (χ2n) is 4.66. The number of aromatic hydroxyl groups is 2. The van der Waals surface area contributed by atoms with Gasteiger partial charge in [-0.2, -0.15) is 0 Å². The second kappa shape index (κ2) is 6.52. The van der Waals surface area contributed by atoms with E-state index in [0.717, 1.165) is 13.1 Å². The third-order valence-electron chi connectivity index (χ3n) is 3.33. The number of hydrogen-bond acceptors (Lipinski definition) is 4. The molecule has 20 heavy (non-hydrogen) atoms. The maximum absolute atomic E-state index is 12.0. The number of nitrogens with one attached hydrogen (secondary N) is 1. The number of rotatable bonds is 3. The molecule has 0 atom stereocenters. The lowest BCUT2D eigenvalue weighted by atomic mass is 10.1. The predicted octanol–water partition coefficient (Wildman–Crippen LogP) is 1.77. The van der Waals surface area contributed by atoms with Crippen molar-refractivity contribution in [2.75, 3.05) is 26.2 Å². The first kappa shape index (κ1) is 15.2. The van der Waals surface area contributed by atoms with E-state index in [1.807, 2.05) is 0 Å². The Labute approximate surface area is 127 Å². The van der Waals surface area contributed by atoms with Gasteiger partial charge in [0.2, 0.25) is 5.91 Å². The molecule has 1 aliphatic rings. The first-order valence-electron chi connectivity index (χ1n) is 6.38. The van der Waals surface area contributed by atoms with Crippen LogP contribution in [0.1, 0.15) is 12.0 Å². The molecule has 0 radical (unpaired) electrons. The molecule has 0 spiro atoms. The molecule has 1 aliphatic heterocycles. The Morgan fingerprint density at radius 1 is 1.25 bits per heavy atom. The number of phenolic OH excluding ortho intramolecular Hbond substituents is 2. The van der Waals surface area contributed by atoms with Gasteiger partial charge in [-0.15, -0.1) is 0 Å². The van der Waals surface area contributed by atoms with Crippen LogP contribution in [0.4, 0.5) is 0 Å². The van der Waals surface area contributed by atoms with Crippen molar-refractivity contribution < 1.29 is 15.0 Å². The molecule has 0 aromatic heterocycles. The van der Waals surface area contributed by atoms with E-state index in [2.05, 4.69) is 5.32 Å². The highest BCUT2D eigenvalue weighted by atomic mass is 35.5. The van der Waals surface area contributed by atoms with Gasteiger partial charge in [0.15, 0.2) is 5.75 Å². The molecule has 0 bridgehead atoms. The number of carbonyl (C=O) groups excluding carboxylic acids is 1. The Balaban J connectivity index is 2.02. The fourth-order valence-electron chi connectivity index (χ4n) is 2.15. The Bertz CT molecular complexity index is 517. The minimum atomic E-state index is -0.344. The minimum Gasteiger partial charge on any atom is -0.506 e. The number of nitrogens with zero attached hydrogens (tertiary/aromatic N) is 1. The van der Waals surface area contributed by atoms with Crippen molar-refractivity contribution in [3.63, 3.8) is 0 Å². The molecule has 1 aromatic carbocycles. The highest BCUT2D eigenvalue weighted by Crippen LogP contribution is 2.41. The van der Waals surface area contributed by atoms with Crippen LogP contribution in [0.3, 0.4) is 0 Å². The molecule has 0 aliphatic carbocycles. The average Bonchev–Trinajstić information content (AvgIpc) is 2.48. The van der Waals surface area contributed by atoms with E-state index in [1.165, 1.54) is 6.07 Å². The molecule has 5 nitrogen and oxygen atoms in total. The SMILES string of the molecule is O=C(CCc1cc(Cl)c(O)c(Cl)c1O)N1CCNCC1. The molecule has 110 valence electrons. The fraction of sp³-hybridized carbons (Fsp3) is 0.462. The highest BCUT2D eigenvalue weighted by molar-refractivity contribution is 6.38. The monoisotopic (exact) mass is 318 g/mol. The number of hydrogen-bond donors (Lipinski definition) is 3. The van der Waals surface area contributed by atoms with Crippen LogP contribution >= 0.6 is 23.2 Å². The van der Waals surface area contributed by atoms with Gasteiger partial charge in [0.25, 0.3) is 0 Å². The van der Waals surface area contributed by atoms with Crippen molar-refractivity contribution in [3.05, 3.63) is 21.7 Å². The Morgan fingerprint density at radius 2 is 1.90 bits per heavy atom. The topological polar surface area (TPSA) is 72.8 Å². The zero-order chi connectivity index (χ0) is 14.7. The number of benzene rings is 1. The zero-order valence-electron chi connectivity index (χ0n) is 10.8. The van der Waals surface area contributed by atoms with E-state index >= 15 is 0 Å². The van der Waals surface area contributed by atoms with Gasteiger partial charge in [-0.3, -0.25) is 4.79 Å². The first-order valence-corrected chi connectivity index (χ1v) is 7.13. The smallest absolute Gasteiger partial charge is 0.222 e. The van der Waals surface area contributed by atoms with Gasteiger partial charge in [0.1, 0.15) is 10.8 Å². The predicted molar refractivity (Wildman–Crippen MR) is 77.6 cm³/mol. The van der Waals surface area contributed by atoms with Crippen LogP contribution in [0.15, 0.2) is 6.07 Å². The van der Waals surface area contributed by atoms with E-state index in [9.17, 15) is 15.0 Å². The van der Waals surface area contributed by atoms with Crippen LogP contribution in [-0.2, 0) is 11.2 Å². The Kier molecular flexibility index (Phi) is 4.96. The van der Waals surface area contributed by atoms with Gasteiger partial charge in [0.05, 0.1) is 5.02 Å². The summed E-state index contributed by atoms with van der Waals surface area (Å²) in [4.78, 5) is 13.8. The molecule has 1 aromatic rings. The van der Waals surface area contributed by atoms with E-state index in [1.54, 1.807) is 4.90 Å². The summed E-state index contributed by atoms with van der Waals surface area (Å²) in [7, 11) is 0. The van der Waals surface area contributed by atoms with Crippen LogP contribution in [-0.4, -0.2) is 47.2 Å². The molecule has 1 fully saturated rings. The average molecular weight is 319 g/mol. The van der Waals surface area contributed by atoms with Crippen molar-refractivity contribution in [1.29, 1.82) is 0 Å². The van der Waals surface area contributed by atoms with Crippen LogP contribution in [0.25, 0.3) is 0 Å². The number of amides is 1. The Morgan fingerprint density at radius 3 is 2.55 bits per heavy atom. The molecule has 1 amide bonds. The summed E-state index contributed by atoms with van der Waals surface area (Å²) in [6.07, 6.45) is 0.597. The normalized spacial score (nSPS) is 15.4. The van der Waals surface area contributed by atoms with E-state index in [0.29, 0.717) is 25.1 Å². The lowest BCUT2D eigenvalue weighted by Gasteiger charge is -2.27. The van der Waals surface area contributed by atoms with E-state index in [4.69, 9.17) is 23.2 Å². The number of aryl methyl sites for hydroxylation is 1. The van der Waals surface area contributed by atoms with E-state index < -0.39 is 0 Å². The summed E-state index contributed by atoms with van der Waals surface area (Å²) in [6.45, 7) is 2.99. The van der Waals surface area contributed by atoms with Gasteiger partial charge in [-0.05, 0) is 18.1 Å². The maximum atomic E-state index is 12.0. The molecular formula is C13H16Cl2N2O3. The highest BCUT2D eigenvalue weighted by Gasteiger charge is 2.19. The lowest BCUT2D eigenvalue weighted by Crippen LogP contribution is -2.46. The summed E-state index contributed by atoms with van der Waals surface area (Å²) in [6, 6.07) is 1.43. The van der Waals surface area contributed by atoms with Gasteiger partial charge >= 0.3 is 0 Å². The summed E-state index contributed by atoms with van der Waals surface area (Å²) in [5.41, 5.74) is 0.460. The van der Waals surface area contributed by atoms with Crippen molar-refractivity contribution in [2.24, 2.45) is 0 Å². The summed E-state index contributed by atoms with van der Waals surface area (Å²) in [5.74, 6) is -0.532. The van der Waals surface area contributed by atoms with Crippen LogP contribution in [0, 0.1) is 0 Å². The Hall–Kier alpha value is -1.17. The molecule has 1 saturated heterocycles. The number of piperazine rings is 1. The van der Waals surface area contributed by atoms with Crippen LogP contribution < -0.4 is 5.32 Å². The van der Waals surface area contributed by atoms with Crippen molar-refractivity contribution in [1.82, 2.24) is 10.2 Å². The summed E-state index contributed by atoms with van der Waals surface area (Å²) < 4.78 is 0. The van der Waals surface area contributed by atoms with Gasteiger partial charge in [-0.25, -0.2) is 0 Å². The van der Waals surface area contributed by atoms with Gasteiger partial charge in [-0.1, -0.05) is 23.2 Å². The zero-order valence-corrected chi connectivity index (χ0v) is 12.3. The summed E-state index contributed by atoms with van der Waals surface area (Å²) in [5, 5.41) is 22.4. The fourth-order valence-corrected chi connectivity index (χ4v) is 2.65. The first-order chi connectivity index (χ1) is 9.50. The molecule has 0 unspecified atom stereocenters. The summed E-state index contributed by atoms with van der Waals surface area (Å²) >= 11 is 11.6. The molecule has 3 N–H and O–H groups in total. The molecule has 2 rings (SSSR count). The molecule has 0 saturated carbocycles. The second-order valence-corrected chi connectivity index (χ2v) is 5.44. The lowest BCUT2D eigenvalue weighted by molar-refractivity contribution is -0.131. The van der Waals surface area contributed by atoms with Crippen molar-refractivity contribution >= 4 is 29.1 Å². The minimum absolute atomic E-state index is 0.0335. The standard InChI is InChI=1S/C13H16Cl2N2O3/c14-9-7-8(12(19)11(15)13(9)20)1-2-10(18)17-5-3-16-4-6-17/h7,16,19-20H,1-6H2. The third kappa shape index (κ3) is 3.29. The van der Waals surface area contributed by atoms with Crippen molar-refractivity contribution in [2.45, 2.75) is 12.8 Å². The number of carbonyl (C=O) groups is 1. The van der Waals surface area contributed by atoms with E-state index in [-0.39, 0.29) is 33.9 Å². The van der Waals surface area contributed by atoms with Crippen LogP contribution in [0.5, 0.6) is 11.5 Å². The van der Waals surface area contributed by atoms with Gasteiger partial charge < -0.3 is 20.4 Å². The molecule has 7 heteroatoms. The number of phenols is 2. The number of halogens is 2. The molecular weight excluding hydrogens is 303 g/mol. The molecule has 1 heterocycles. The van der Waals surface area contributed by atoms with Gasteiger partial charge in [0, 0.05) is 32.6 Å². The third-order valence-corrected chi connectivity index (χ3v) is 3.97. The van der Waals surface area contributed by atoms with Crippen LogP contribution in [0.2, 0.25) is 10.0 Å².